The normalized spacial score (nSPS) is 19.9. The molecule has 0 radical (unpaired) electrons. The van der Waals surface area contributed by atoms with Crippen LogP contribution in [0.25, 0.3) is 11.1 Å². The molecule has 0 bridgehead atoms. The fourth-order valence-corrected chi connectivity index (χ4v) is 6.31. The number of benzene rings is 2. The van der Waals surface area contributed by atoms with Crippen LogP contribution in [-0.4, -0.2) is 97.8 Å². The van der Waals surface area contributed by atoms with E-state index in [1.54, 1.807) is 36.6 Å². The van der Waals surface area contributed by atoms with Crippen LogP contribution >= 0.6 is 0 Å². The molecule has 6 atom stereocenters. The second-order valence-electron chi connectivity index (χ2n) is 14.1. The molecule has 0 saturated carbocycles. The number of aliphatic hydroxyl groups is 1. The summed E-state index contributed by atoms with van der Waals surface area (Å²) in [7, 11) is 2.80. The highest BCUT2D eigenvalue weighted by Crippen LogP contribution is 2.33. The molecule has 4 N–H and O–H groups in total. The standard InChI is InChI=1S/C38H49N5O9/c1-38(2,3)33(41-36(46)49-5)34(45)42-43(21-25-8-12-28(48-4)13-9-25)22-31(44)30(40-37(47)52-32-23-51-35-29(32)16-19-50-35)20-24-6-10-26(11-7-24)27-14-17-39-18-15-27/h6-15,17-18,29-33,35,44H,16,19-23H2,1-5H3,(H,40,47)(H,41,46)(H,42,45)/t29-,30-,31-,32-,33+,35+/m0/s1. The Labute approximate surface area is 304 Å². The van der Waals surface area contributed by atoms with Crippen LogP contribution in [0.2, 0.25) is 0 Å². The first kappa shape index (κ1) is 38.5. The maximum absolute atomic E-state index is 13.8. The molecular weight excluding hydrogens is 670 g/mol. The van der Waals surface area contributed by atoms with Crippen LogP contribution in [0.4, 0.5) is 9.59 Å². The Bertz CT molecular complexity index is 1620. The zero-order chi connectivity index (χ0) is 37.3. The summed E-state index contributed by atoms with van der Waals surface area (Å²) in [5.74, 6) is 0.0959. The number of nitrogens with one attached hydrogen (secondary N) is 3. The highest BCUT2D eigenvalue weighted by molar-refractivity contribution is 5.86. The topological polar surface area (TPSA) is 170 Å². The van der Waals surface area contributed by atoms with Crippen LogP contribution in [0.1, 0.15) is 38.3 Å². The van der Waals surface area contributed by atoms with Gasteiger partial charge in [0.25, 0.3) is 5.91 Å². The zero-order valence-electron chi connectivity index (χ0n) is 30.2. The van der Waals surface area contributed by atoms with Crippen molar-refractivity contribution in [2.45, 2.75) is 70.7 Å². The van der Waals surface area contributed by atoms with Crippen LogP contribution in [0, 0.1) is 11.3 Å². The number of fused-ring (bicyclic) bond motifs is 1. The number of alkyl carbamates (subject to hydrolysis) is 2. The predicted molar refractivity (Wildman–Crippen MR) is 191 cm³/mol. The van der Waals surface area contributed by atoms with Crippen molar-refractivity contribution in [3.63, 3.8) is 0 Å². The monoisotopic (exact) mass is 719 g/mol. The van der Waals surface area contributed by atoms with Gasteiger partial charge in [0.05, 0.1) is 45.5 Å². The molecule has 3 amide bonds. The lowest BCUT2D eigenvalue weighted by Gasteiger charge is -2.34. The van der Waals surface area contributed by atoms with Gasteiger partial charge in [-0.15, -0.1) is 0 Å². The first-order valence-electron chi connectivity index (χ1n) is 17.3. The molecule has 0 unspecified atom stereocenters. The van der Waals surface area contributed by atoms with E-state index in [2.05, 4.69) is 21.0 Å². The largest absolute Gasteiger partial charge is 0.497 e. The summed E-state index contributed by atoms with van der Waals surface area (Å²) in [5, 5.41) is 18.9. The summed E-state index contributed by atoms with van der Waals surface area (Å²) in [4.78, 5) is 43.4. The van der Waals surface area contributed by atoms with Crippen LogP contribution < -0.4 is 20.8 Å². The van der Waals surface area contributed by atoms with Gasteiger partial charge in [0.1, 0.15) is 17.9 Å². The summed E-state index contributed by atoms with van der Waals surface area (Å²) in [6, 6.07) is 17.1. The van der Waals surface area contributed by atoms with Crippen molar-refractivity contribution in [1.82, 2.24) is 26.1 Å². The summed E-state index contributed by atoms with van der Waals surface area (Å²) >= 11 is 0. The Morgan fingerprint density at radius 3 is 2.25 bits per heavy atom. The van der Waals surface area contributed by atoms with E-state index in [4.69, 9.17) is 23.7 Å². The van der Waals surface area contributed by atoms with Crippen molar-refractivity contribution in [3.8, 4) is 16.9 Å². The maximum Gasteiger partial charge on any atom is 0.407 e. The third kappa shape index (κ3) is 10.4. The smallest absolute Gasteiger partial charge is 0.407 e. The molecule has 3 aromatic rings. The average Bonchev–Trinajstić information content (AvgIpc) is 3.76. The predicted octanol–water partition coefficient (Wildman–Crippen LogP) is 3.82. The Hall–Kier alpha value is -4.76. The molecule has 0 spiro atoms. The van der Waals surface area contributed by atoms with Gasteiger partial charge in [-0.2, -0.15) is 0 Å². The number of aromatic nitrogens is 1. The highest BCUT2D eigenvalue weighted by Gasteiger charge is 2.44. The van der Waals surface area contributed by atoms with E-state index in [-0.39, 0.29) is 38.3 Å². The van der Waals surface area contributed by atoms with Gasteiger partial charge in [0, 0.05) is 25.5 Å². The molecule has 52 heavy (non-hydrogen) atoms. The van der Waals surface area contributed by atoms with Crippen LogP contribution in [0.3, 0.4) is 0 Å². The minimum Gasteiger partial charge on any atom is -0.497 e. The van der Waals surface area contributed by atoms with Crippen molar-refractivity contribution < 1.29 is 43.2 Å². The van der Waals surface area contributed by atoms with Crippen molar-refractivity contribution in [2.75, 3.05) is 34.0 Å². The SMILES string of the molecule is COC(=O)N[C@H](C(=O)NN(Cc1ccc(OC)cc1)C[C@H](O)[C@H](Cc1ccc(-c2ccncc2)cc1)NC(=O)O[C@H]1CO[C@H]2OCC[C@H]21)C(C)(C)C. The fraction of sp³-hybridized carbons (Fsp3) is 0.474. The van der Waals surface area contributed by atoms with Crippen molar-refractivity contribution in [2.24, 2.45) is 11.3 Å². The molecule has 2 fully saturated rings. The molecule has 3 heterocycles. The number of ether oxygens (including phenoxy) is 5. The lowest BCUT2D eigenvalue weighted by atomic mass is 9.86. The number of hydrogen-bond acceptors (Lipinski definition) is 11. The Morgan fingerprint density at radius 1 is 0.923 bits per heavy atom. The van der Waals surface area contributed by atoms with Crippen molar-refractivity contribution in [1.29, 1.82) is 0 Å². The van der Waals surface area contributed by atoms with E-state index >= 15 is 0 Å². The van der Waals surface area contributed by atoms with Crippen LogP contribution in [-0.2, 0) is 36.7 Å². The second-order valence-corrected chi connectivity index (χ2v) is 14.1. The molecule has 2 saturated heterocycles. The number of carbonyl (C=O) groups is 3. The van der Waals surface area contributed by atoms with E-state index in [0.717, 1.165) is 28.7 Å². The molecular formula is C38H49N5O9. The highest BCUT2D eigenvalue weighted by atomic mass is 16.7. The van der Waals surface area contributed by atoms with E-state index in [9.17, 15) is 19.5 Å². The number of hydrogen-bond donors (Lipinski definition) is 4. The third-order valence-corrected chi connectivity index (χ3v) is 9.22. The van der Waals surface area contributed by atoms with Gasteiger partial charge in [-0.25, -0.2) is 14.6 Å². The molecule has 1 aromatic heterocycles. The Balaban J connectivity index is 1.37. The quantitative estimate of drug-likeness (QED) is 0.179. The van der Waals surface area contributed by atoms with Crippen molar-refractivity contribution >= 4 is 18.1 Å². The number of methoxy groups -OCH3 is 2. The molecule has 2 aliphatic rings. The lowest BCUT2D eigenvalue weighted by Crippen LogP contribution is -2.59. The van der Waals surface area contributed by atoms with Gasteiger partial charge in [-0.05, 0) is 64.8 Å². The lowest BCUT2D eigenvalue weighted by molar-refractivity contribution is -0.131. The zero-order valence-corrected chi connectivity index (χ0v) is 30.2. The molecule has 2 aromatic carbocycles. The molecule has 280 valence electrons. The van der Waals surface area contributed by atoms with Crippen LogP contribution in [0.5, 0.6) is 5.75 Å². The molecule has 14 nitrogen and oxygen atoms in total. The molecule has 5 rings (SSSR count). The Morgan fingerprint density at radius 2 is 1.60 bits per heavy atom. The van der Waals surface area contributed by atoms with Gasteiger partial charge in [0.15, 0.2) is 6.29 Å². The van der Waals surface area contributed by atoms with Gasteiger partial charge in [-0.1, -0.05) is 57.2 Å². The molecule has 0 aliphatic carbocycles. The van der Waals surface area contributed by atoms with E-state index in [1.165, 1.54) is 7.11 Å². The van der Waals surface area contributed by atoms with Gasteiger partial charge >= 0.3 is 12.2 Å². The Kier molecular flexibility index (Phi) is 13.1. The van der Waals surface area contributed by atoms with Crippen molar-refractivity contribution in [3.05, 3.63) is 84.2 Å². The summed E-state index contributed by atoms with van der Waals surface area (Å²) in [6.45, 7) is 6.29. The number of rotatable bonds is 14. The minimum absolute atomic E-state index is 0.0561. The van der Waals surface area contributed by atoms with Gasteiger partial charge < -0.3 is 39.4 Å². The minimum atomic E-state index is -1.20. The molecule has 14 heteroatoms. The number of nitrogens with zero attached hydrogens (tertiary/aromatic N) is 2. The van der Waals surface area contributed by atoms with Crippen LogP contribution in [0.15, 0.2) is 73.1 Å². The van der Waals surface area contributed by atoms with E-state index in [1.807, 2.05) is 69.3 Å². The first-order chi connectivity index (χ1) is 24.9. The number of pyridine rings is 1. The van der Waals surface area contributed by atoms with E-state index in [0.29, 0.717) is 12.4 Å². The summed E-state index contributed by atoms with van der Waals surface area (Å²) in [6.07, 6.45) is 0.914. The van der Waals surface area contributed by atoms with Gasteiger partial charge in [-0.3, -0.25) is 15.2 Å². The average molecular weight is 720 g/mol. The first-order valence-corrected chi connectivity index (χ1v) is 17.3. The number of amides is 3. The maximum atomic E-state index is 13.8. The third-order valence-electron chi connectivity index (χ3n) is 9.22. The number of hydrazine groups is 1. The number of aliphatic hydroxyl groups excluding tert-OH is 1. The number of carbonyl (C=O) groups excluding carboxylic acids is 3. The fourth-order valence-electron chi connectivity index (χ4n) is 6.31. The second kappa shape index (κ2) is 17.6. The van der Waals surface area contributed by atoms with E-state index < -0.39 is 47.8 Å². The van der Waals surface area contributed by atoms with Gasteiger partial charge in [0.2, 0.25) is 0 Å². The summed E-state index contributed by atoms with van der Waals surface area (Å²) < 4.78 is 27.1. The summed E-state index contributed by atoms with van der Waals surface area (Å²) in [5.41, 5.74) is 5.88. The molecule has 2 aliphatic heterocycles.